The van der Waals surface area contributed by atoms with Gasteiger partial charge >= 0.3 is 0 Å². The maximum absolute atomic E-state index is 12.6. The van der Waals surface area contributed by atoms with Gasteiger partial charge in [-0.1, -0.05) is 19.3 Å². The van der Waals surface area contributed by atoms with Crippen LogP contribution in [-0.2, 0) is 0 Å². The second kappa shape index (κ2) is 7.39. The van der Waals surface area contributed by atoms with Crippen LogP contribution in [0.3, 0.4) is 0 Å². The molecule has 1 aromatic carbocycles. The summed E-state index contributed by atoms with van der Waals surface area (Å²) < 4.78 is 5.39. The lowest BCUT2D eigenvalue weighted by Crippen LogP contribution is -2.12. The lowest BCUT2D eigenvalue weighted by Gasteiger charge is -2.19. The number of methoxy groups -OCH3 is 1. The first-order valence-corrected chi connectivity index (χ1v) is 9.51. The maximum Gasteiger partial charge on any atom is 0.256 e. The number of amides is 1. The van der Waals surface area contributed by atoms with Crippen LogP contribution in [0.1, 0.15) is 64.4 Å². The van der Waals surface area contributed by atoms with E-state index in [0.717, 1.165) is 28.1 Å². The van der Waals surface area contributed by atoms with Crippen molar-refractivity contribution < 1.29 is 9.53 Å². The lowest BCUT2D eigenvalue weighted by atomic mass is 9.88. The van der Waals surface area contributed by atoms with E-state index >= 15 is 0 Å². The summed E-state index contributed by atoms with van der Waals surface area (Å²) in [6, 6.07) is 6.05. The number of hydrogen-bond donors (Lipinski definition) is 1. The third-order valence-electron chi connectivity index (χ3n) is 4.86. The number of nitrogens with one attached hydrogen (secondary N) is 1. The molecule has 0 radical (unpaired) electrons. The molecule has 1 aliphatic rings. The molecule has 0 saturated heterocycles. The van der Waals surface area contributed by atoms with Gasteiger partial charge in [-0.05, 0) is 56.4 Å². The van der Waals surface area contributed by atoms with E-state index in [0.29, 0.717) is 5.92 Å². The lowest BCUT2D eigenvalue weighted by molar-refractivity contribution is 0.102. The zero-order valence-electron chi connectivity index (χ0n) is 14.6. The van der Waals surface area contributed by atoms with Crippen molar-refractivity contribution in [3.8, 4) is 5.75 Å². The first-order valence-electron chi connectivity index (χ1n) is 8.63. The Labute approximate surface area is 148 Å². The fourth-order valence-electron chi connectivity index (χ4n) is 3.43. The number of rotatable bonds is 4. The van der Waals surface area contributed by atoms with Gasteiger partial charge in [0.05, 0.1) is 12.7 Å². The van der Waals surface area contributed by atoms with Crippen LogP contribution in [0.2, 0.25) is 0 Å². The molecule has 0 spiro atoms. The Morgan fingerprint density at radius 1 is 1.17 bits per heavy atom. The summed E-state index contributed by atoms with van der Waals surface area (Å²) >= 11 is 1.72. The topological polar surface area (TPSA) is 38.3 Å². The molecule has 1 saturated carbocycles. The highest BCUT2D eigenvalue weighted by Gasteiger charge is 2.19. The van der Waals surface area contributed by atoms with E-state index in [1.807, 2.05) is 31.4 Å². The van der Waals surface area contributed by atoms with Crippen LogP contribution in [0.15, 0.2) is 23.6 Å². The van der Waals surface area contributed by atoms with Crippen molar-refractivity contribution in [2.45, 2.75) is 51.9 Å². The highest BCUT2D eigenvalue weighted by Crippen LogP contribution is 2.36. The minimum atomic E-state index is -0.0379. The summed E-state index contributed by atoms with van der Waals surface area (Å²) in [7, 11) is 1.66. The van der Waals surface area contributed by atoms with E-state index in [9.17, 15) is 4.79 Å². The van der Waals surface area contributed by atoms with Crippen LogP contribution >= 0.6 is 11.3 Å². The fourth-order valence-corrected chi connectivity index (χ4v) is 4.50. The van der Waals surface area contributed by atoms with Gasteiger partial charge in [-0.15, -0.1) is 11.3 Å². The molecule has 4 heteroatoms. The molecule has 0 bridgehead atoms. The van der Waals surface area contributed by atoms with Crippen LogP contribution in [0.25, 0.3) is 0 Å². The maximum atomic E-state index is 12.6. The zero-order chi connectivity index (χ0) is 17.1. The second-order valence-electron chi connectivity index (χ2n) is 6.67. The van der Waals surface area contributed by atoms with Crippen molar-refractivity contribution in [1.29, 1.82) is 0 Å². The number of thiophene rings is 1. The number of carbonyl (C=O) groups excluding carboxylic acids is 1. The molecule has 1 aromatic heterocycles. The van der Waals surface area contributed by atoms with Gasteiger partial charge in [0, 0.05) is 21.5 Å². The molecule has 3 rings (SSSR count). The van der Waals surface area contributed by atoms with E-state index in [1.54, 1.807) is 18.4 Å². The second-order valence-corrected chi connectivity index (χ2v) is 7.61. The van der Waals surface area contributed by atoms with E-state index in [2.05, 4.69) is 11.4 Å². The summed E-state index contributed by atoms with van der Waals surface area (Å²) in [5.74, 6) is 1.41. The van der Waals surface area contributed by atoms with Gasteiger partial charge in [-0.25, -0.2) is 0 Å². The fraction of sp³-hybridized carbons (Fsp3) is 0.450. The van der Waals surface area contributed by atoms with E-state index in [-0.39, 0.29) is 5.91 Å². The smallest absolute Gasteiger partial charge is 0.256 e. The molecule has 1 N–H and O–H groups in total. The Kier molecular flexibility index (Phi) is 5.24. The van der Waals surface area contributed by atoms with Gasteiger partial charge in [-0.2, -0.15) is 0 Å². The molecular weight excluding hydrogens is 318 g/mol. The molecule has 0 unspecified atom stereocenters. The third kappa shape index (κ3) is 3.64. The molecular formula is C20H25NO2S. The number of hydrogen-bond acceptors (Lipinski definition) is 3. The zero-order valence-corrected chi connectivity index (χ0v) is 15.5. The van der Waals surface area contributed by atoms with Gasteiger partial charge in [0.15, 0.2) is 0 Å². The molecule has 1 aliphatic carbocycles. The van der Waals surface area contributed by atoms with Gasteiger partial charge in [0.2, 0.25) is 0 Å². The minimum Gasteiger partial charge on any atom is -0.496 e. The Morgan fingerprint density at radius 2 is 1.92 bits per heavy atom. The van der Waals surface area contributed by atoms with Gasteiger partial charge in [0.25, 0.3) is 5.91 Å². The van der Waals surface area contributed by atoms with Gasteiger partial charge in [0.1, 0.15) is 5.75 Å². The number of anilines is 1. The standard InChI is InChI=1S/C20H25NO2S/c1-13-9-17(14(2)18(10-13)23-3)21-20(22)16-11-19(24-12-16)15-7-5-4-6-8-15/h9-12,15H,4-8H2,1-3H3,(H,21,22). The highest BCUT2D eigenvalue weighted by molar-refractivity contribution is 7.10. The number of benzene rings is 1. The Morgan fingerprint density at radius 3 is 2.62 bits per heavy atom. The molecule has 1 fully saturated rings. The molecule has 0 atom stereocenters. The van der Waals surface area contributed by atoms with Crippen LogP contribution < -0.4 is 10.1 Å². The van der Waals surface area contributed by atoms with Crippen LogP contribution in [-0.4, -0.2) is 13.0 Å². The number of aryl methyl sites for hydroxylation is 1. The average Bonchev–Trinajstić information content (AvgIpc) is 3.08. The van der Waals surface area contributed by atoms with Crippen molar-refractivity contribution in [1.82, 2.24) is 0 Å². The Bertz CT molecular complexity index is 729. The summed E-state index contributed by atoms with van der Waals surface area (Å²) in [6.07, 6.45) is 6.49. The van der Waals surface area contributed by atoms with Gasteiger partial charge < -0.3 is 10.1 Å². The highest BCUT2D eigenvalue weighted by atomic mass is 32.1. The molecule has 3 nitrogen and oxygen atoms in total. The molecule has 1 amide bonds. The van der Waals surface area contributed by atoms with Crippen molar-refractivity contribution >= 4 is 22.9 Å². The van der Waals surface area contributed by atoms with Crippen LogP contribution in [0.5, 0.6) is 5.75 Å². The molecule has 24 heavy (non-hydrogen) atoms. The summed E-state index contributed by atoms with van der Waals surface area (Å²) in [4.78, 5) is 14.0. The first-order chi connectivity index (χ1) is 11.6. The molecule has 0 aliphatic heterocycles. The SMILES string of the molecule is COc1cc(C)cc(NC(=O)c2csc(C3CCCCC3)c2)c1C. The largest absolute Gasteiger partial charge is 0.496 e. The van der Waals surface area contributed by atoms with Crippen LogP contribution in [0, 0.1) is 13.8 Å². The van der Waals surface area contributed by atoms with Gasteiger partial charge in [-0.3, -0.25) is 4.79 Å². The van der Waals surface area contributed by atoms with Crippen molar-refractivity contribution in [2.24, 2.45) is 0 Å². The van der Waals surface area contributed by atoms with Crippen molar-refractivity contribution in [2.75, 3.05) is 12.4 Å². The Balaban J connectivity index is 1.76. The van der Waals surface area contributed by atoms with E-state index in [1.165, 1.54) is 37.0 Å². The predicted molar refractivity (Wildman–Crippen MR) is 101 cm³/mol. The minimum absolute atomic E-state index is 0.0379. The quantitative estimate of drug-likeness (QED) is 0.776. The summed E-state index contributed by atoms with van der Waals surface area (Å²) in [5, 5.41) is 5.03. The average molecular weight is 343 g/mol. The monoisotopic (exact) mass is 343 g/mol. The Hall–Kier alpha value is -1.81. The van der Waals surface area contributed by atoms with E-state index < -0.39 is 0 Å². The number of ether oxygens (including phenoxy) is 1. The predicted octanol–water partition coefficient (Wildman–Crippen LogP) is 5.67. The van der Waals surface area contributed by atoms with Crippen LogP contribution in [0.4, 0.5) is 5.69 Å². The third-order valence-corrected chi connectivity index (χ3v) is 5.96. The van der Waals surface area contributed by atoms with Crippen molar-refractivity contribution in [3.63, 3.8) is 0 Å². The number of carbonyl (C=O) groups is 1. The molecule has 128 valence electrons. The summed E-state index contributed by atoms with van der Waals surface area (Å²) in [5.41, 5.74) is 3.61. The van der Waals surface area contributed by atoms with Crippen molar-refractivity contribution in [3.05, 3.63) is 45.1 Å². The first kappa shape index (κ1) is 17.0. The summed E-state index contributed by atoms with van der Waals surface area (Å²) in [6.45, 7) is 3.97. The molecule has 1 heterocycles. The molecule has 2 aromatic rings. The van der Waals surface area contributed by atoms with E-state index in [4.69, 9.17) is 4.74 Å². The normalized spacial score (nSPS) is 15.3.